The number of benzene rings is 1. The molecule has 0 bridgehead atoms. The maximum atomic E-state index is 13.9. The van der Waals surface area contributed by atoms with Crippen molar-refractivity contribution in [2.45, 2.75) is 56.4 Å². The van der Waals surface area contributed by atoms with Gasteiger partial charge in [0.15, 0.2) is 0 Å². The van der Waals surface area contributed by atoms with Crippen LogP contribution in [0.15, 0.2) is 73.6 Å². The van der Waals surface area contributed by atoms with E-state index in [0.717, 1.165) is 47.8 Å². The Hall–Kier alpha value is -3.74. The second kappa shape index (κ2) is 9.86. The lowest BCUT2D eigenvalue weighted by molar-refractivity contribution is -0.125. The first-order valence-corrected chi connectivity index (χ1v) is 12.4. The third kappa shape index (κ3) is 4.90. The molecular weight excluding hydrogens is 436 g/mol. The second-order valence-corrected chi connectivity index (χ2v) is 9.86. The van der Waals surface area contributed by atoms with E-state index in [1.807, 2.05) is 43.6 Å². The number of aromatic nitrogens is 4. The Bertz CT molecular complexity index is 1270. The van der Waals surface area contributed by atoms with Gasteiger partial charge in [-0.1, -0.05) is 43.5 Å². The van der Waals surface area contributed by atoms with Crippen molar-refractivity contribution in [3.63, 3.8) is 0 Å². The zero-order valence-corrected chi connectivity index (χ0v) is 20.1. The molecule has 0 spiro atoms. The van der Waals surface area contributed by atoms with Gasteiger partial charge >= 0.3 is 0 Å². The molecule has 1 saturated carbocycles. The third-order valence-corrected chi connectivity index (χ3v) is 7.31. The topological polar surface area (TPSA) is 95.6 Å². The van der Waals surface area contributed by atoms with E-state index in [1.165, 1.54) is 12.7 Å². The van der Waals surface area contributed by atoms with Crippen LogP contribution in [-0.4, -0.2) is 37.9 Å². The lowest BCUT2D eigenvalue weighted by Crippen LogP contribution is -2.55. The van der Waals surface area contributed by atoms with Crippen LogP contribution in [0.4, 0.5) is 5.69 Å². The summed E-state index contributed by atoms with van der Waals surface area (Å²) in [5.41, 5.74) is 2.89. The molecule has 7 nitrogen and oxygen atoms in total. The number of carbonyl (C=O) groups excluding carboxylic acids is 1. The normalized spacial score (nSPS) is 16.9. The van der Waals surface area contributed by atoms with E-state index in [1.54, 1.807) is 12.4 Å². The Labute approximate surface area is 205 Å². The van der Waals surface area contributed by atoms with Crippen molar-refractivity contribution in [1.29, 1.82) is 0 Å². The van der Waals surface area contributed by atoms with Gasteiger partial charge < -0.3 is 15.6 Å². The molecule has 0 radical (unpaired) electrons. The van der Waals surface area contributed by atoms with Crippen LogP contribution in [-0.2, 0) is 16.6 Å². The molecule has 1 fully saturated rings. The van der Waals surface area contributed by atoms with Crippen molar-refractivity contribution >= 4 is 22.5 Å². The summed E-state index contributed by atoms with van der Waals surface area (Å²) in [5, 5.41) is 7.87. The van der Waals surface area contributed by atoms with E-state index in [0.29, 0.717) is 18.7 Å². The number of nitrogens with one attached hydrogen (secondary N) is 3. The first-order valence-electron chi connectivity index (χ1n) is 12.4. The lowest BCUT2D eigenvalue weighted by atomic mass is 9.71. The van der Waals surface area contributed by atoms with Crippen molar-refractivity contribution in [2.75, 3.05) is 11.9 Å². The minimum absolute atomic E-state index is 0.0486. The molecule has 180 valence electrons. The minimum atomic E-state index is -0.907. The molecule has 4 aromatic rings. The summed E-state index contributed by atoms with van der Waals surface area (Å²) in [6.45, 7) is 2.52. The molecule has 1 aliphatic carbocycles. The summed E-state index contributed by atoms with van der Waals surface area (Å²) in [5.74, 6) is -0.0486. The molecule has 1 aromatic carbocycles. The highest BCUT2D eigenvalue weighted by Crippen LogP contribution is 2.38. The first kappa shape index (κ1) is 23.0. The number of pyridine rings is 1. The fourth-order valence-corrected chi connectivity index (χ4v) is 5.40. The van der Waals surface area contributed by atoms with Gasteiger partial charge in [0.2, 0.25) is 5.91 Å². The zero-order chi connectivity index (χ0) is 24.1. The standard InChI is InChI=1S/C28H32N6O/c1-27(34-22-17-29-20-30-18-22,15-21-16-32-24-10-4-3-9-23(21)24)26(35)33-19-28(12-6-2-7-13-28)25-11-5-8-14-31-25/h3-5,8-11,14,16-18,20,32,34H,2,6-7,12-13,15,19H2,1H3,(H,33,35). The maximum absolute atomic E-state index is 13.9. The molecule has 0 saturated heterocycles. The Morgan fingerprint density at radius 1 is 1.06 bits per heavy atom. The molecule has 7 heteroatoms. The molecule has 3 aromatic heterocycles. The summed E-state index contributed by atoms with van der Waals surface area (Å²) in [6, 6.07) is 14.3. The Morgan fingerprint density at radius 2 is 1.83 bits per heavy atom. The van der Waals surface area contributed by atoms with Gasteiger partial charge in [-0.15, -0.1) is 0 Å². The van der Waals surface area contributed by atoms with E-state index in [4.69, 9.17) is 0 Å². The van der Waals surface area contributed by atoms with Gasteiger partial charge in [0.1, 0.15) is 11.9 Å². The van der Waals surface area contributed by atoms with Crippen LogP contribution in [0.25, 0.3) is 10.9 Å². The highest BCUT2D eigenvalue weighted by atomic mass is 16.2. The molecule has 35 heavy (non-hydrogen) atoms. The highest BCUT2D eigenvalue weighted by Gasteiger charge is 2.39. The number of H-pyrrole nitrogens is 1. The summed E-state index contributed by atoms with van der Waals surface area (Å²) >= 11 is 0. The summed E-state index contributed by atoms with van der Waals surface area (Å²) < 4.78 is 0. The number of nitrogens with zero attached hydrogens (tertiary/aromatic N) is 3. The molecule has 1 atom stereocenters. The van der Waals surface area contributed by atoms with Gasteiger partial charge in [0.25, 0.3) is 0 Å². The molecule has 1 amide bonds. The monoisotopic (exact) mass is 468 g/mol. The van der Waals surface area contributed by atoms with Gasteiger partial charge in [-0.2, -0.15) is 0 Å². The van der Waals surface area contributed by atoms with E-state index < -0.39 is 5.54 Å². The number of hydrogen-bond acceptors (Lipinski definition) is 5. The van der Waals surface area contributed by atoms with Gasteiger partial charge in [-0.05, 0) is 43.5 Å². The highest BCUT2D eigenvalue weighted by molar-refractivity contribution is 5.91. The largest absolute Gasteiger partial charge is 0.369 e. The van der Waals surface area contributed by atoms with Crippen LogP contribution >= 0.6 is 0 Å². The van der Waals surface area contributed by atoms with E-state index in [2.05, 4.69) is 48.8 Å². The van der Waals surface area contributed by atoms with Crippen LogP contribution in [0.2, 0.25) is 0 Å². The molecular formula is C28H32N6O. The number of hydrogen-bond donors (Lipinski definition) is 3. The van der Waals surface area contributed by atoms with Gasteiger partial charge in [-0.3, -0.25) is 9.78 Å². The molecule has 1 aliphatic rings. The van der Waals surface area contributed by atoms with Crippen molar-refractivity contribution in [3.05, 3.63) is 84.8 Å². The molecule has 1 unspecified atom stereocenters. The number of amides is 1. The second-order valence-electron chi connectivity index (χ2n) is 9.86. The van der Waals surface area contributed by atoms with Crippen LogP contribution in [0, 0.1) is 0 Å². The molecule has 0 aliphatic heterocycles. The van der Waals surface area contributed by atoms with E-state index >= 15 is 0 Å². The van der Waals surface area contributed by atoms with Crippen molar-refractivity contribution in [3.8, 4) is 0 Å². The van der Waals surface area contributed by atoms with Gasteiger partial charge in [0.05, 0.1) is 18.1 Å². The zero-order valence-electron chi connectivity index (χ0n) is 20.1. The molecule has 3 N–H and O–H groups in total. The third-order valence-electron chi connectivity index (χ3n) is 7.31. The summed E-state index contributed by atoms with van der Waals surface area (Å²) in [7, 11) is 0. The van der Waals surface area contributed by atoms with Crippen molar-refractivity contribution in [1.82, 2.24) is 25.3 Å². The number of anilines is 1. The van der Waals surface area contributed by atoms with Crippen LogP contribution in [0.1, 0.15) is 50.3 Å². The van der Waals surface area contributed by atoms with Crippen molar-refractivity contribution in [2.24, 2.45) is 0 Å². The van der Waals surface area contributed by atoms with E-state index in [9.17, 15) is 4.79 Å². The summed E-state index contributed by atoms with van der Waals surface area (Å²) in [6.07, 6.45) is 14.8. The Morgan fingerprint density at radius 3 is 2.60 bits per heavy atom. The van der Waals surface area contributed by atoms with Gasteiger partial charge in [0, 0.05) is 47.4 Å². The average molecular weight is 469 g/mol. The smallest absolute Gasteiger partial charge is 0.245 e. The van der Waals surface area contributed by atoms with Crippen LogP contribution in [0.5, 0.6) is 0 Å². The lowest BCUT2D eigenvalue weighted by Gasteiger charge is -2.38. The van der Waals surface area contributed by atoms with Crippen LogP contribution < -0.4 is 10.6 Å². The average Bonchev–Trinajstić information content (AvgIpc) is 3.31. The number of fused-ring (bicyclic) bond motifs is 1. The Balaban J connectivity index is 1.42. The molecule has 5 rings (SSSR count). The number of para-hydroxylation sites is 1. The number of rotatable bonds is 8. The first-order chi connectivity index (χ1) is 17.1. The Kier molecular flexibility index (Phi) is 6.49. The fourth-order valence-electron chi connectivity index (χ4n) is 5.40. The SMILES string of the molecule is CC(Cc1c[nH]c2ccccc12)(Nc1cncnc1)C(=O)NCC1(c2ccccn2)CCCCC1. The van der Waals surface area contributed by atoms with Gasteiger partial charge in [-0.25, -0.2) is 9.97 Å². The maximum Gasteiger partial charge on any atom is 0.245 e. The minimum Gasteiger partial charge on any atom is -0.369 e. The quantitative estimate of drug-likeness (QED) is 0.346. The fraction of sp³-hybridized carbons (Fsp3) is 0.357. The number of carbonyl (C=O) groups is 1. The van der Waals surface area contributed by atoms with Crippen LogP contribution in [0.3, 0.4) is 0 Å². The van der Waals surface area contributed by atoms with Crippen molar-refractivity contribution < 1.29 is 4.79 Å². The predicted molar refractivity (Wildman–Crippen MR) is 138 cm³/mol. The number of aromatic amines is 1. The predicted octanol–water partition coefficient (Wildman–Crippen LogP) is 4.78. The summed E-state index contributed by atoms with van der Waals surface area (Å²) in [4.78, 5) is 30.2. The van der Waals surface area contributed by atoms with E-state index in [-0.39, 0.29) is 11.3 Å². The molecule has 3 heterocycles.